The largest absolute Gasteiger partial charge is 0.396 e. The zero-order valence-electron chi connectivity index (χ0n) is 7.90. The number of thiophene rings is 1. The van der Waals surface area contributed by atoms with E-state index in [0.717, 1.165) is 25.9 Å². The minimum atomic E-state index is 0.734. The number of unbranched alkanes of at least 4 members (excludes halogenated alkanes) is 1. The van der Waals surface area contributed by atoms with Gasteiger partial charge >= 0.3 is 0 Å². The van der Waals surface area contributed by atoms with Crippen molar-refractivity contribution in [1.82, 2.24) is 0 Å². The molecule has 0 N–H and O–H groups in total. The number of oxime groups is 1. The van der Waals surface area contributed by atoms with E-state index in [9.17, 15) is 0 Å². The molecule has 1 aromatic rings. The van der Waals surface area contributed by atoms with E-state index in [1.165, 1.54) is 4.88 Å². The first-order valence-corrected chi connectivity index (χ1v) is 5.47. The average molecular weight is 197 g/mol. The van der Waals surface area contributed by atoms with Crippen LogP contribution in [0.5, 0.6) is 0 Å². The molecule has 1 rings (SSSR count). The van der Waals surface area contributed by atoms with Gasteiger partial charge in [-0.3, -0.25) is 0 Å². The smallest absolute Gasteiger partial charge is 0.117 e. The molecular weight excluding hydrogens is 182 g/mol. The number of hydrogen-bond donors (Lipinski definition) is 0. The highest BCUT2D eigenvalue weighted by atomic mass is 32.1. The van der Waals surface area contributed by atoms with E-state index < -0.39 is 0 Å². The summed E-state index contributed by atoms with van der Waals surface area (Å²) in [6.07, 6.45) is 4.93. The van der Waals surface area contributed by atoms with Crippen LogP contribution in [-0.4, -0.2) is 12.8 Å². The van der Waals surface area contributed by atoms with Gasteiger partial charge in [0.25, 0.3) is 0 Å². The van der Waals surface area contributed by atoms with E-state index in [1.807, 2.05) is 12.3 Å². The molecule has 0 aliphatic rings. The SMILES string of the molecule is CCCCON=CCc1cccs1. The second-order valence-corrected chi connectivity index (χ2v) is 3.79. The Kier molecular flexibility index (Phi) is 5.25. The molecular formula is C10H15NOS. The Morgan fingerprint density at radius 2 is 2.54 bits per heavy atom. The Labute approximate surface area is 83.2 Å². The maximum Gasteiger partial charge on any atom is 0.117 e. The highest BCUT2D eigenvalue weighted by molar-refractivity contribution is 7.10. The highest BCUT2D eigenvalue weighted by Gasteiger charge is 1.88. The zero-order chi connectivity index (χ0) is 9.36. The summed E-state index contributed by atoms with van der Waals surface area (Å²) >= 11 is 1.74. The summed E-state index contributed by atoms with van der Waals surface area (Å²) in [5.41, 5.74) is 0. The fourth-order valence-corrected chi connectivity index (χ4v) is 1.53. The minimum Gasteiger partial charge on any atom is -0.396 e. The topological polar surface area (TPSA) is 21.6 Å². The summed E-state index contributed by atoms with van der Waals surface area (Å²) in [4.78, 5) is 6.37. The van der Waals surface area contributed by atoms with Crippen molar-refractivity contribution in [3.8, 4) is 0 Å². The third-order valence-corrected chi connectivity index (χ3v) is 2.51. The van der Waals surface area contributed by atoms with Gasteiger partial charge in [0.05, 0.1) is 0 Å². The third kappa shape index (κ3) is 4.68. The lowest BCUT2D eigenvalue weighted by Gasteiger charge is -1.94. The Balaban J connectivity index is 2.05. The highest BCUT2D eigenvalue weighted by Crippen LogP contribution is 2.07. The molecule has 0 aliphatic carbocycles. The predicted molar refractivity (Wildman–Crippen MR) is 57.4 cm³/mol. The summed E-state index contributed by atoms with van der Waals surface area (Å²) in [5.74, 6) is 0. The summed E-state index contributed by atoms with van der Waals surface area (Å²) < 4.78 is 0. The third-order valence-electron chi connectivity index (χ3n) is 1.61. The summed E-state index contributed by atoms with van der Waals surface area (Å²) in [7, 11) is 0. The van der Waals surface area contributed by atoms with Gasteiger partial charge in [0.1, 0.15) is 6.61 Å². The van der Waals surface area contributed by atoms with Crippen molar-refractivity contribution in [2.75, 3.05) is 6.61 Å². The maximum atomic E-state index is 5.05. The van der Waals surface area contributed by atoms with Crippen LogP contribution in [0, 0.1) is 0 Å². The monoisotopic (exact) mass is 197 g/mol. The lowest BCUT2D eigenvalue weighted by molar-refractivity contribution is 0.142. The van der Waals surface area contributed by atoms with Gasteiger partial charge in [-0.15, -0.1) is 11.3 Å². The first-order chi connectivity index (χ1) is 6.43. The van der Waals surface area contributed by atoms with E-state index in [2.05, 4.69) is 23.5 Å². The molecule has 1 aromatic heterocycles. The van der Waals surface area contributed by atoms with Crippen molar-refractivity contribution in [2.24, 2.45) is 5.16 Å². The molecule has 0 spiro atoms. The fraction of sp³-hybridized carbons (Fsp3) is 0.500. The first kappa shape index (κ1) is 10.3. The molecule has 0 aromatic carbocycles. The molecule has 2 nitrogen and oxygen atoms in total. The van der Waals surface area contributed by atoms with Gasteiger partial charge in [-0.25, -0.2) is 0 Å². The number of hydrogen-bond acceptors (Lipinski definition) is 3. The lowest BCUT2D eigenvalue weighted by atomic mass is 10.4. The van der Waals surface area contributed by atoms with Gasteiger partial charge in [-0.1, -0.05) is 24.6 Å². The Bertz CT molecular complexity index is 231. The van der Waals surface area contributed by atoms with Crippen LogP contribution in [0.25, 0.3) is 0 Å². The second kappa shape index (κ2) is 6.66. The van der Waals surface area contributed by atoms with E-state index in [4.69, 9.17) is 4.84 Å². The molecule has 0 atom stereocenters. The van der Waals surface area contributed by atoms with Crippen LogP contribution >= 0.6 is 11.3 Å². The van der Waals surface area contributed by atoms with Crippen LogP contribution in [0.2, 0.25) is 0 Å². The van der Waals surface area contributed by atoms with Crippen molar-refractivity contribution in [3.05, 3.63) is 22.4 Å². The van der Waals surface area contributed by atoms with Crippen molar-refractivity contribution in [2.45, 2.75) is 26.2 Å². The maximum absolute atomic E-state index is 5.05. The van der Waals surface area contributed by atoms with Crippen LogP contribution in [-0.2, 0) is 11.3 Å². The van der Waals surface area contributed by atoms with Crippen LogP contribution < -0.4 is 0 Å². The predicted octanol–water partition coefficient (Wildman–Crippen LogP) is 3.09. The molecule has 3 heteroatoms. The van der Waals surface area contributed by atoms with E-state index >= 15 is 0 Å². The molecule has 0 aliphatic heterocycles. The van der Waals surface area contributed by atoms with Crippen LogP contribution in [0.1, 0.15) is 24.6 Å². The Morgan fingerprint density at radius 3 is 3.23 bits per heavy atom. The normalized spacial score (nSPS) is 10.8. The first-order valence-electron chi connectivity index (χ1n) is 4.59. The molecule has 0 unspecified atom stereocenters. The molecule has 0 fully saturated rings. The van der Waals surface area contributed by atoms with Gasteiger partial charge in [0, 0.05) is 17.5 Å². The van der Waals surface area contributed by atoms with Crippen molar-refractivity contribution >= 4 is 17.6 Å². The number of nitrogens with zero attached hydrogens (tertiary/aromatic N) is 1. The molecule has 1 heterocycles. The molecule has 0 saturated heterocycles. The second-order valence-electron chi connectivity index (χ2n) is 2.76. The molecule has 72 valence electrons. The van der Waals surface area contributed by atoms with Crippen LogP contribution in [0.4, 0.5) is 0 Å². The zero-order valence-corrected chi connectivity index (χ0v) is 8.72. The van der Waals surface area contributed by atoms with Crippen LogP contribution in [0.3, 0.4) is 0 Å². The van der Waals surface area contributed by atoms with Gasteiger partial charge in [-0.05, 0) is 17.9 Å². The van der Waals surface area contributed by atoms with Gasteiger partial charge < -0.3 is 4.84 Å². The van der Waals surface area contributed by atoms with Crippen molar-refractivity contribution in [3.63, 3.8) is 0 Å². The van der Waals surface area contributed by atoms with E-state index in [1.54, 1.807) is 11.3 Å². The minimum absolute atomic E-state index is 0.734. The Morgan fingerprint density at radius 1 is 1.62 bits per heavy atom. The summed E-state index contributed by atoms with van der Waals surface area (Å²) in [6, 6.07) is 4.15. The van der Waals surface area contributed by atoms with Gasteiger partial charge in [0.2, 0.25) is 0 Å². The number of rotatable bonds is 6. The summed E-state index contributed by atoms with van der Waals surface area (Å²) in [6.45, 7) is 2.87. The average Bonchev–Trinajstić information content (AvgIpc) is 2.63. The van der Waals surface area contributed by atoms with Crippen LogP contribution in [0.15, 0.2) is 22.7 Å². The standard InChI is InChI=1S/C10H15NOS/c1-2-3-8-12-11-7-6-10-5-4-9-13-10/h4-5,7,9H,2-3,6,8H2,1H3. The fourth-order valence-electron chi connectivity index (χ4n) is 0.870. The Hall–Kier alpha value is -0.830. The summed E-state index contributed by atoms with van der Waals surface area (Å²) in [5, 5.41) is 5.94. The molecule has 0 bridgehead atoms. The molecule has 0 radical (unpaired) electrons. The van der Waals surface area contributed by atoms with E-state index in [-0.39, 0.29) is 0 Å². The van der Waals surface area contributed by atoms with E-state index in [0.29, 0.717) is 0 Å². The molecule has 0 amide bonds. The van der Waals surface area contributed by atoms with Gasteiger partial charge in [0.15, 0.2) is 0 Å². The quantitative estimate of drug-likeness (QED) is 0.390. The molecule has 0 saturated carbocycles. The van der Waals surface area contributed by atoms with Crippen molar-refractivity contribution in [1.29, 1.82) is 0 Å². The lowest BCUT2D eigenvalue weighted by Crippen LogP contribution is -1.88. The molecule has 13 heavy (non-hydrogen) atoms. The van der Waals surface area contributed by atoms with Gasteiger partial charge in [-0.2, -0.15) is 0 Å². The van der Waals surface area contributed by atoms with Crippen molar-refractivity contribution < 1.29 is 4.84 Å².